The van der Waals surface area contributed by atoms with E-state index in [-0.39, 0.29) is 32.2 Å². The molecule has 1 heterocycles. The quantitative estimate of drug-likeness (QED) is 0.120. The number of hydrogen-bond acceptors (Lipinski definition) is 14. The lowest BCUT2D eigenvalue weighted by molar-refractivity contribution is -0.276. The van der Waals surface area contributed by atoms with Crippen LogP contribution in [0.25, 0.3) is 0 Å². The molecule has 0 aromatic heterocycles. The van der Waals surface area contributed by atoms with E-state index in [4.69, 9.17) is 33.3 Å². The van der Waals surface area contributed by atoms with Gasteiger partial charge in [-0.2, -0.15) is 5.48 Å². The van der Waals surface area contributed by atoms with Crippen molar-refractivity contribution in [3.63, 3.8) is 0 Å². The fraction of sp³-hybridized carbons (Fsp3) is 0.586. The van der Waals surface area contributed by atoms with Crippen LogP contribution in [0, 0.1) is 0 Å². The molecule has 3 N–H and O–H groups in total. The Morgan fingerprint density at radius 1 is 0.756 bits per heavy atom. The molecule has 45 heavy (non-hydrogen) atoms. The number of amides is 2. The molecule has 16 nitrogen and oxygen atoms in total. The van der Waals surface area contributed by atoms with Crippen molar-refractivity contribution >= 4 is 35.9 Å². The largest absolute Gasteiger partial charge is 0.463 e. The van der Waals surface area contributed by atoms with Crippen LogP contribution < -0.4 is 16.1 Å². The van der Waals surface area contributed by atoms with Gasteiger partial charge in [-0.15, -0.1) is 0 Å². The molecule has 0 spiro atoms. The summed E-state index contributed by atoms with van der Waals surface area (Å²) in [5.74, 6) is -3.24. The van der Waals surface area contributed by atoms with Crippen molar-refractivity contribution in [2.24, 2.45) is 0 Å². The average molecular weight is 640 g/mol. The lowest BCUT2D eigenvalue weighted by Gasteiger charge is -2.44. The summed E-state index contributed by atoms with van der Waals surface area (Å²) in [4.78, 5) is 76.9. The van der Waals surface area contributed by atoms with E-state index in [0.717, 1.165) is 20.8 Å². The first-order chi connectivity index (χ1) is 21.1. The van der Waals surface area contributed by atoms with Gasteiger partial charge < -0.3 is 39.1 Å². The first kappa shape index (κ1) is 36.9. The van der Waals surface area contributed by atoms with E-state index in [2.05, 4.69) is 16.1 Å². The fourth-order valence-corrected chi connectivity index (χ4v) is 4.04. The van der Waals surface area contributed by atoms with Gasteiger partial charge >= 0.3 is 30.0 Å². The number of hydrogen-bond donors (Lipinski definition) is 3. The molecule has 16 heteroatoms. The lowest BCUT2D eigenvalue weighted by Crippen LogP contribution is -2.65. The van der Waals surface area contributed by atoms with E-state index < -0.39 is 66.2 Å². The van der Waals surface area contributed by atoms with Crippen molar-refractivity contribution in [1.29, 1.82) is 0 Å². The maximum Gasteiger partial charge on any atom is 0.407 e. The molecule has 0 bridgehead atoms. The van der Waals surface area contributed by atoms with E-state index in [1.54, 1.807) is 45.0 Å². The fourth-order valence-electron chi connectivity index (χ4n) is 4.04. The molecule has 5 atom stereocenters. The van der Waals surface area contributed by atoms with Crippen LogP contribution in [-0.2, 0) is 59.0 Å². The van der Waals surface area contributed by atoms with Crippen LogP contribution in [0.5, 0.6) is 0 Å². The van der Waals surface area contributed by atoms with E-state index in [1.807, 2.05) is 0 Å². The highest BCUT2D eigenvalue weighted by Crippen LogP contribution is 2.28. The van der Waals surface area contributed by atoms with Crippen molar-refractivity contribution in [3.05, 3.63) is 35.4 Å². The molecule has 0 unspecified atom stereocenters. The predicted molar refractivity (Wildman–Crippen MR) is 153 cm³/mol. The van der Waals surface area contributed by atoms with E-state index >= 15 is 0 Å². The molecule has 0 radical (unpaired) electrons. The lowest BCUT2D eigenvalue weighted by atomic mass is 9.97. The highest BCUT2D eigenvalue weighted by Gasteiger charge is 2.52. The average Bonchev–Trinajstić information content (AvgIpc) is 2.91. The number of carbonyl (C=O) groups is 6. The molecule has 0 saturated carbocycles. The van der Waals surface area contributed by atoms with Crippen molar-refractivity contribution in [1.82, 2.24) is 16.1 Å². The Kier molecular flexibility index (Phi) is 14.2. The second-order valence-electron chi connectivity index (χ2n) is 10.9. The topological polar surface area (TPSA) is 203 Å². The highest BCUT2D eigenvalue weighted by molar-refractivity contribution is 5.94. The maximum absolute atomic E-state index is 12.4. The van der Waals surface area contributed by atoms with Crippen molar-refractivity contribution in [2.45, 2.75) is 91.3 Å². The normalized spacial score (nSPS) is 21.1. The minimum absolute atomic E-state index is 0.0470. The Bertz CT molecular complexity index is 1200. The first-order valence-electron chi connectivity index (χ1n) is 14.1. The summed E-state index contributed by atoms with van der Waals surface area (Å²) in [6.07, 6.45) is -6.95. The third-order valence-corrected chi connectivity index (χ3v) is 5.72. The van der Waals surface area contributed by atoms with Gasteiger partial charge in [0, 0.05) is 46.3 Å². The van der Waals surface area contributed by atoms with Crippen molar-refractivity contribution < 1.29 is 62.0 Å². The molecular weight excluding hydrogens is 598 g/mol. The molecule has 2 amide bonds. The van der Waals surface area contributed by atoms with Gasteiger partial charge in [0.2, 0.25) is 0 Å². The minimum atomic E-state index is -1.34. The first-order valence-corrected chi connectivity index (χ1v) is 14.1. The molecule has 1 aromatic carbocycles. The smallest absolute Gasteiger partial charge is 0.407 e. The number of carbonyl (C=O) groups excluding carboxylic acids is 6. The number of alkyl carbamates (subject to hydrolysis) is 1. The zero-order valence-corrected chi connectivity index (χ0v) is 26.3. The summed E-state index contributed by atoms with van der Waals surface area (Å²) in [6.45, 7) is 9.72. The Morgan fingerprint density at radius 3 is 1.87 bits per heavy atom. The van der Waals surface area contributed by atoms with Gasteiger partial charge in [-0.25, -0.2) is 4.79 Å². The van der Waals surface area contributed by atoms with Gasteiger partial charge in [-0.1, -0.05) is 12.1 Å². The van der Waals surface area contributed by atoms with Crippen LogP contribution in [0.1, 0.15) is 64.4 Å². The van der Waals surface area contributed by atoms with Gasteiger partial charge in [-0.3, -0.25) is 28.8 Å². The summed E-state index contributed by atoms with van der Waals surface area (Å²) in [6, 6.07) is 6.43. The van der Waals surface area contributed by atoms with Crippen LogP contribution in [0.3, 0.4) is 0 Å². The second kappa shape index (κ2) is 17.3. The molecule has 250 valence electrons. The van der Waals surface area contributed by atoms with Gasteiger partial charge in [0.05, 0.1) is 6.61 Å². The third kappa shape index (κ3) is 13.5. The van der Waals surface area contributed by atoms with Gasteiger partial charge in [-0.05, 0) is 38.5 Å². The van der Waals surface area contributed by atoms with E-state index in [9.17, 15) is 28.8 Å². The molecule has 1 fully saturated rings. The van der Waals surface area contributed by atoms with Crippen LogP contribution >= 0.6 is 0 Å². The Labute approximate surface area is 260 Å². The molecule has 1 aromatic rings. The monoisotopic (exact) mass is 639 g/mol. The molecular formula is C29H41N3O13. The number of ether oxygens (including phenoxy) is 6. The van der Waals surface area contributed by atoms with Crippen molar-refractivity contribution in [2.75, 3.05) is 19.7 Å². The second-order valence-corrected chi connectivity index (χ2v) is 10.9. The zero-order valence-electron chi connectivity index (χ0n) is 26.3. The molecule has 1 aliphatic rings. The van der Waals surface area contributed by atoms with E-state index in [0.29, 0.717) is 11.1 Å². The van der Waals surface area contributed by atoms with Crippen molar-refractivity contribution in [3.8, 4) is 0 Å². The van der Waals surface area contributed by atoms with Gasteiger partial charge in [0.1, 0.15) is 18.3 Å². The molecule has 2 rings (SSSR count). The summed E-state index contributed by atoms with van der Waals surface area (Å²) in [5, 5.41) is 5.24. The van der Waals surface area contributed by atoms with Crippen LogP contribution in [-0.4, -0.2) is 91.8 Å². The standard InChI is InChI=1S/C29H41N3O13/c1-16(33)39-15-22-23(41-17(2)34)24(42-18(3)35)25(43-19(4)36)27(44-22)32-40-14-20-8-10-21(11-9-20)26(37)30-12-13-31-28(38)45-29(5,6)7/h8-11,22-25,27,32H,12-15H2,1-7H3,(H,30,37)(H,31,38)/t22-,23-,24+,25-,27-/m1/s1. The molecule has 1 saturated heterocycles. The highest BCUT2D eigenvalue weighted by atomic mass is 16.7. The molecule has 1 aliphatic heterocycles. The minimum Gasteiger partial charge on any atom is -0.463 e. The van der Waals surface area contributed by atoms with Gasteiger partial charge in [0.15, 0.2) is 24.5 Å². The maximum atomic E-state index is 12.4. The number of nitrogens with one attached hydrogen (secondary N) is 3. The number of benzene rings is 1. The SMILES string of the molecule is CC(=O)OC[C@H]1O[C@@H](NOCc2ccc(C(=O)NCCNC(=O)OC(C)(C)C)cc2)[C@H](OC(C)=O)[C@@H](OC(C)=O)[C@@H]1OC(C)=O. The number of rotatable bonds is 13. The summed E-state index contributed by atoms with van der Waals surface area (Å²) in [7, 11) is 0. The van der Waals surface area contributed by atoms with Crippen LogP contribution in [0.4, 0.5) is 4.79 Å². The van der Waals surface area contributed by atoms with Crippen LogP contribution in [0.15, 0.2) is 24.3 Å². The van der Waals surface area contributed by atoms with E-state index in [1.165, 1.54) is 6.92 Å². The van der Waals surface area contributed by atoms with Crippen LogP contribution in [0.2, 0.25) is 0 Å². The number of esters is 4. The third-order valence-electron chi connectivity index (χ3n) is 5.72. The Balaban J connectivity index is 2.04. The zero-order chi connectivity index (χ0) is 33.7. The number of hydroxylamine groups is 1. The summed E-state index contributed by atoms with van der Waals surface area (Å²) >= 11 is 0. The molecule has 0 aliphatic carbocycles. The predicted octanol–water partition coefficient (Wildman–Crippen LogP) is 1.05. The summed E-state index contributed by atoms with van der Waals surface area (Å²) in [5.41, 5.74) is 2.99. The summed E-state index contributed by atoms with van der Waals surface area (Å²) < 4.78 is 32.1. The Morgan fingerprint density at radius 2 is 1.31 bits per heavy atom. The Hall–Kier alpha value is -4.28. The van der Waals surface area contributed by atoms with Gasteiger partial charge in [0.25, 0.3) is 5.91 Å².